The van der Waals surface area contributed by atoms with Crippen LogP contribution in [0.25, 0.3) is 6.08 Å². The normalized spacial score (nSPS) is 35.5. The molecule has 2 aromatic rings. The zero-order valence-corrected chi connectivity index (χ0v) is 21.7. The number of aliphatic hydroxyl groups is 8. The van der Waals surface area contributed by atoms with Crippen molar-refractivity contribution in [3.05, 3.63) is 53.3 Å². The minimum absolute atomic E-state index is 0.00398. The zero-order valence-electron chi connectivity index (χ0n) is 21.7. The number of aliphatic hydroxyl groups excluding tert-OH is 8. The number of ether oxygens (including phenoxy) is 5. The molecule has 5 rings (SSSR count). The summed E-state index contributed by atoms with van der Waals surface area (Å²) in [6.07, 6.45) is -14.9. The molecular formula is C27H30O15. The van der Waals surface area contributed by atoms with Crippen molar-refractivity contribution < 1.29 is 74.4 Å². The van der Waals surface area contributed by atoms with Crippen LogP contribution in [0.1, 0.15) is 15.9 Å². The molecule has 2 saturated heterocycles. The molecule has 15 nitrogen and oxygen atoms in total. The number of rotatable bonds is 7. The van der Waals surface area contributed by atoms with Crippen molar-refractivity contribution >= 4 is 11.9 Å². The first-order valence-electron chi connectivity index (χ1n) is 12.9. The second-order valence-corrected chi connectivity index (χ2v) is 9.96. The van der Waals surface area contributed by atoms with E-state index in [4.69, 9.17) is 23.7 Å². The van der Waals surface area contributed by atoms with E-state index in [1.807, 2.05) is 0 Å². The van der Waals surface area contributed by atoms with Crippen molar-refractivity contribution in [2.24, 2.45) is 0 Å². The van der Waals surface area contributed by atoms with E-state index in [1.54, 1.807) is 0 Å². The van der Waals surface area contributed by atoms with Gasteiger partial charge >= 0.3 is 0 Å². The topological polar surface area (TPSA) is 245 Å². The molecule has 3 aliphatic heterocycles. The predicted octanol–water partition coefficient (Wildman–Crippen LogP) is -2.63. The Bertz CT molecular complexity index is 1310. The van der Waals surface area contributed by atoms with Gasteiger partial charge in [0, 0.05) is 6.07 Å². The Kier molecular flexibility index (Phi) is 8.68. The number of phenolic OH excluding ortho intramolecular Hbond substituents is 1. The highest BCUT2D eigenvalue weighted by Gasteiger charge is 2.47. The molecule has 0 aliphatic carbocycles. The molecule has 42 heavy (non-hydrogen) atoms. The van der Waals surface area contributed by atoms with Crippen LogP contribution in [0.3, 0.4) is 0 Å². The summed E-state index contributed by atoms with van der Waals surface area (Å²) in [5.41, 5.74) is 0.389. The van der Waals surface area contributed by atoms with Crippen LogP contribution in [0, 0.1) is 0 Å². The van der Waals surface area contributed by atoms with Crippen LogP contribution >= 0.6 is 0 Å². The number of aromatic hydroxyl groups is 1. The Hall–Kier alpha value is -3.35. The maximum atomic E-state index is 13.3. The first-order valence-corrected chi connectivity index (χ1v) is 12.9. The van der Waals surface area contributed by atoms with Crippen LogP contribution < -0.4 is 14.2 Å². The van der Waals surface area contributed by atoms with Crippen molar-refractivity contribution in [1.82, 2.24) is 0 Å². The number of hydrogen-bond acceptors (Lipinski definition) is 15. The summed E-state index contributed by atoms with van der Waals surface area (Å²) < 4.78 is 28.0. The molecule has 228 valence electrons. The molecule has 0 spiro atoms. The van der Waals surface area contributed by atoms with Crippen LogP contribution in [0.2, 0.25) is 0 Å². The van der Waals surface area contributed by atoms with Gasteiger partial charge in [-0.25, -0.2) is 0 Å². The molecule has 3 aliphatic rings. The monoisotopic (exact) mass is 594 g/mol. The third-order valence-corrected chi connectivity index (χ3v) is 7.09. The molecule has 9 N–H and O–H groups in total. The smallest absolute Gasteiger partial charge is 0.232 e. The third kappa shape index (κ3) is 5.67. The lowest BCUT2D eigenvalue weighted by atomic mass is 9.99. The predicted molar refractivity (Wildman–Crippen MR) is 136 cm³/mol. The highest BCUT2D eigenvalue weighted by Crippen LogP contribution is 2.44. The Morgan fingerprint density at radius 2 is 1.29 bits per heavy atom. The number of phenols is 1. The van der Waals surface area contributed by atoms with Crippen molar-refractivity contribution in [3.63, 3.8) is 0 Å². The van der Waals surface area contributed by atoms with Gasteiger partial charge in [0.1, 0.15) is 60.3 Å². The minimum atomic E-state index is -1.81. The van der Waals surface area contributed by atoms with Gasteiger partial charge in [-0.2, -0.15) is 0 Å². The van der Waals surface area contributed by atoms with Gasteiger partial charge in [0.05, 0.1) is 18.8 Å². The molecular weight excluding hydrogens is 564 g/mol. The van der Waals surface area contributed by atoms with E-state index in [0.717, 1.165) is 0 Å². The fourth-order valence-electron chi connectivity index (χ4n) is 4.70. The van der Waals surface area contributed by atoms with E-state index < -0.39 is 80.4 Å². The average Bonchev–Trinajstić information content (AvgIpc) is 3.29. The van der Waals surface area contributed by atoms with Gasteiger partial charge in [-0.05, 0) is 29.8 Å². The Labute approximate surface area is 237 Å². The lowest BCUT2D eigenvalue weighted by molar-refractivity contribution is -0.278. The molecule has 0 unspecified atom stereocenters. The van der Waals surface area contributed by atoms with Crippen molar-refractivity contribution in [2.75, 3.05) is 13.2 Å². The van der Waals surface area contributed by atoms with Gasteiger partial charge in [-0.3, -0.25) is 4.79 Å². The summed E-state index contributed by atoms with van der Waals surface area (Å²) >= 11 is 0. The quantitative estimate of drug-likeness (QED) is 0.149. The molecule has 2 fully saturated rings. The summed E-state index contributed by atoms with van der Waals surface area (Å²) in [5, 5.41) is 89.9. The molecule has 10 atom stereocenters. The number of Topliss-reactive ketones (excluding diaryl/α,β-unsaturated/α-hetero) is 1. The largest absolute Gasteiger partial charge is 0.508 e. The third-order valence-electron chi connectivity index (χ3n) is 7.09. The van der Waals surface area contributed by atoms with Crippen LogP contribution in [0.5, 0.6) is 23.0 Å². The molecule has 0 saturated carbocycles. The lowest BCUT2D eigenvalue weighted by Gasteiger charge is -2.40. The number of ketones is 1. The first-order chi connectivity index (χ1) is 20.0. The average molecular weight is 595 g/mol. The summed E-state index contributed by atoms with van der Waals surface area (Å²) in [5.74, 6) is -1.40. The Morgan fingerprint density at radius 1 is 0.738 bits per heavy atom. The molecule has 3 heterocycles. The Morgan fingerprint density at radius 3 is 1.83 bits per heavy atom. The van der Waals surface area contributed by atoms with E-state index in [2.05, 4.69) is 0 Å². The SMILES string of the molecule is O=C1/C(=C/c2ccc(O)cc2)Oc2c(O[C@@H]3O[C@H](CO)[C@@H](O)[C@H](O)[C@H]3O)cc(O[C@@H]3O[C@H](CO)[C@@H](O)[C@H](O)[C@H]3O)cc21. The van der Waals surface area contributed by atoms with Gasteiger partial charge < -0.3 is 69.6 Å². The zero-order chi connectivity index (χ0) is 30.3. The van der Waals surface area contributed by atoms with Crippen molar-refractivity contribution in [1.29, 1.82) is 0 Å². The van der Waals surface area contributed by atoms with Crippen LogP contribution in [0.4, 0.5) is 0 Å². The second kappa shape index (κ2) is 12.1. The summed E-state index contributed by atoms with van der Waals surface area (Å²) in [7, 11) is 0. The number of hydrogen-bond donors (Lipinski definition) is 9. The molecule has 15 heteroatoms. The number of carbonyl (C=O) groups is 1. The minimum Gasteiger partial charge on any atom is -0.508 e. The standard InChI is InChI=1S/C27H30O15/c28-8-16-19(32)21(34)23(36)26(41-16)38-12-6-13-18(31)14(5-10-1-3-11(30)4-2-10)39-25(13)15(7-12)40-27-24(37)22(35)20(33)17(9-29)42-27/h1-7,16-17,19-24,26-30,32-37H,8-9H2/b14-5-/t16-,17-,19-,20-,21+,22+,23-,24-,26-,27-/m1/s1. The van der Waals surface area contributed by atoms with Gasteiger partial charge in [0.25, 0.3) is 0 Å². The molecule has 2 aromatic carbocycles. The molecule has 0 aromatic heterocycles. The molecule has 0 bridgehead atoms. The van der Waals surface area contributed by atoms with E-state index in [-0.39, 0.29) is 34.3 Å². The van der Waals surface area contributed by atoms with E-state index >= 15 is 0 Å². The van der Waals surface area contributed by atoms with Crippen LogP contribution in [0.15, 0.2) is 42.2 Å². The highest BCUT2D eigenvalue weighted by molar-refractivity contribution is 6.15. The fourth-order valence-corrected chi connectivity index (χ4v) is 4.70. The van der Waals surface area contributed by atoms with Gasteiger partial charge in [-0.1, -0.05) is 12.1 Å². The molecule has 0 amide bonds. The van der Waals surface area contributed by atoms with E-state index in [9.17, 15) is 50.8 Å². The number of benzene rings is 2. The second-order valence-electron chi connectivity index (χ2n) is 9.96. The fraction of sp³-hybridized carbons (Fsp3) is 0.444. The van der Waals surface area contributed by atoms with E-state index in [0.29, 0.717) is 5.56 Å². The maximum Gasteiger partial charge on any atom is 0.232 e. The number of allylic oxidation sites excluding steroid dienone is 1. The summed E-state index contributed by atoms with van der Waals surface area (Å²) in [6.45, 7) is -1.43. The van der Waals surface area contributed by atoms with Gasteiger partial charge in [-0.15, -0.1) is 0 Å². The lowest BCUT2D eigenvalue weighted by Crippen LogP contribution is -2.60. The van der Waals surface area contributed by atoms with Gasteiger partial charge in [0.2, 0.25) is 18.4 Å². The van der Waals surface area contributed by atoms with Crippen LogP contribution in [-0.4, -0.2) is 126 Å². The molecule has 0 radical (unpaired) electrons. The van der Waals surface area contributed by atoms with E-state index in [1.165, 1.54) is 42.5 Å². The van der Waals surface area contributed by atoms with Crippen molar-refractivity contribution in [2.45, 2.75) is 61.4 Å². The summed E-state index contributed by atoms with van der Waals surface area (Å²) in [4.78, 5) is 13.3. The van der Waals surface area contributed by atoms with Gasteiger partial charge in [0.15, 0.2) is 17.3 Å². The Balaban J connectivity index is 1.50. The van der Waals surface area contributed by atoms with Crippen LogP contribution in [-0.2, 0) is 9.47 Å². The highest BCUT2D eigenvalue weighted by atomic mass is 16.7. The number of carbonyl (C=O) groups excluding carboxylic acids is 1. The maximum absolute atomic E-state index is 13.3. The van der Waals surface area contributed by atoms with Crippen molar-refractivity contribution in [3.8, 4) is 23.0 Å². The summed E-state index contributed by atoms with van der Waals surface area (Å²) in [6, 6.07) is 8.25. The first kappa shape index (κ1) is 30.1. The number of fused-ring (bicyclic) bond motifs is 1.